The smallest absolute Gasteiger partial charge is 0.148 e. The van der Waals surface area contributed by atoms with Crippen molar-refractivity contribution in [3.05, 3.63) is 82.1 Å². The van der Waals surface area contributed by atoms with Gasteiger partial charge in [0.2, 0.25) is 0 Å². The van der Waals surface area contributed by atoms with Crippen LogP contribution >= 0.6 is 22.7 Å². The molecule has 0 aliphatic carbocycles. The van der Waals surface area contributed by atoms with Crippen molar-refractivity contribution in [2.24, 2.45) is 0 Å². The Morgan fingerprint density at radius 1 is 0.800 bits per heavy atom. The number of hydrogen-bond acceptors (Lipinski definition) is 5. The van der Waals surface area contributed by atoms with E-state index in [1.165, 1.54) is 47.5 Å². The first-order chi connectivity index (χ1) is 17.2. The van der Waals surface area contributed by atoms with E-state index in [-0.39, 0.29) is 11.1 Å². The Bertz CT molecular complexity index is 1430. The van der Waals surface area contributed by atoms with Crippen molar-refractivity contribution in [2.45, 2.75) is 39.0 Å². The van der Waals surface area contributed by atoms with Crippen LogP contribution in [0.25, 0.3) is 32.4 Å². The van der Waals surface area contributed by atoms with Crippen molar-refractivity contribution in [3.8, 4) is 45.0 Å². The molecular formula is C29H24N4S2. The van der Waals surface area contributed by atoms with E-state index < -0.39 is 0 Å². The monoisotopic (exact) mass is 492 g/mol. The summed E-state index contributed by atoms with van der Waals surface area (Å²) in [4.78, 5) is 2.76. The topological polar surface area (TPSA) is 76.3 Å². The van der Waals surface area contributed by atoms with Gasteiger partial charge in [0.1, 0.15) is 23.8 Å². The summed E-state index contributed by atoms with van der Waals surface area (Å²) in [7, 11) is 0. The first-order valence-corrected chi connectivity index (χ1v) is 13.3. The Morgan fingerprint density at radius 2 is 1.54 bits per heavy atom. The minimum absolute atomic E-state index is 0.121. The number of hydrogen-bond donors (Lipinski definition) is 0. The van der Waals surface area contributed by atoms with Crippen molar-refractivity contribution in [1.82, 2.24) is 4.57 Å². The molecule has 0 N–H and O–H groups in total. The molecule has 0 bridgehead atoms. The number of aromatic nitrogens is 1. The van der Waals surface area contributed by atoms with Gasteiger partial charge in [-0.2, -0.15) is 15.8 Å². The standard InChI is InChI=1S/C29H24N4S2/c1-2-3-4-5-7-21-9-11-23(12-10-21)33-25(28-8-6-17-34-28)13-14-26(33)29-16-15-27(35-29)24(20-32)22(18-30)19-31/h6,8-17H,2-5,7H2,1H3. The molecule has 0 aliphatic rings. The molecule has 3 aromatic heterocycles. The van der Waals surface area contributed by atoms with Gasteiger partial charge in [-0.1, -0.05) is 44.4 Å². The van der Waals surface area contributed by atoms with E-state index in [2.05, 4.69) is 65.4 Å². The van der Waals surface area contributed by atoms with Crippen LogP contribution in [0.1, 0.15) is 43.0 Å². The molecule has 0 spiro atoms. The minimum Gasteiger partial charge on any atom is -0.308 e. The molecule has 35 heavy (non-hydrogen) atoms. The summed E-state index contributed by atoms with van der Waals surface area (Å²) in [6, 6.07) is 26.6. The molecule has 4 aromatic rings. The maximum absolute atomic E-state index is 9.56. The van der Waals surface area contributed by atoms with E-state index in [1.807, 2.05) is 30.3 Å². The molecule has 0 atom stereocenters. The Hall–Kier alpha value is -3.89. The quantitative estimate of drug-likeness (QED) is 0.174. The van der Waals surface area contributed by atoms with E-state index in [9.17, 15) is 15.8 Å². The molecule has 0 fully saturated rings. The van der Waals surface area contributed by atoms with Gasteiger partial charge < -0.3 is 4.57 Å². The third kappa shape index (κ3) is 5.28. The van der Waals surface area contributed by atoms with Crippen LogP contribution < -0.4 is 0 Å². The Morgan fingerprint density at radius 3 is 2.17 bits per heavy atom. The normalized spacial score (nSPS) is 10.3. The van der Waals surface area contributed by atoms with Gasteiger partial charge in [-0.15, -0.1) is 22.7 Å². The van der Waals surface area contributed by atoms with Crippen LogP contribution in [0.15, 0.2) is 71.6 Å². The van der Waals surface area contributed by atoms with E-state index in [4.69, 9.17) is 0 Å². The summed E-state index contributed by atoms with van der Waals surface area (Å²) in [6.07, 6.45) is 6.09. The number of benzene rings is 1. The van der Waals surface area contributed by atoms with Gasteiger partial charge >= 0.3 is 0 Å². The van der Waals surface area contributed by atoms with Crippen LogP contribution in [0.4, 0.5) is 0 Å². The molecule has 0 saturated carbocycles. The van der Waals surface area contributed by atoms with E-state index in [0.29, 0.717) is 4.88 Å². The van der Waals surface area contributed by atoms with Gasteiger partial charge in [-0.25, -0.2) is 0 Å². The van der Waals surface area contributed by atoms with Crippen molar-refractivity contribution < 1.29 is 0 Å². The van der Waals surface area contributed by atoms with Crippen molar-refractivity contribution >= 4 is 28.2 Å². The van der Waals surface area contributed by atoms with Crippen LogP contribution in [0.3, 0.4) is 0 Å². The number of thiophene rings is 2. The van der Waals surface area contributed by atoms with Gasteiger partial charge in [0.05, 0.1) is 26.7 Å². The second-order valence-corrected chi connectivity index (χ2v) is 10.2. The lowest BCUT2D eigenvalue weighted by Gasteiger charge is -2.13. The molecule has 0 aliphatic heterocycles. The lowest BCUT2D eigenvalue weighted by Crippen LogP contribution is -1.98. The van der Waals surface area contributed by atoms with Gasteiger partial charge in [-0.05, 0) is 66.2 Å². The third-order valence-electron chi connectivity index (χ3n) is 5.86. The van der Waals surface area contributed by atoms with Crippen molar-refractivity contribution in [2.75, 3.05) is 0 Å². The maximum Gasteiger partial charge on any atom is 0.148 e. The number of rotatable bonds is 9. The van der Waals surface area contributed by atoms with Crippen LogP contribution in [-0.4, -0.2) is 4.57 Å². The summed E-state index contributed by atoms with van der Waals surface area (Å²) in [5.74, 6) is 0. The summed E-state index contributed by atoms with van der Waals surface area (Å²) >= 11 is 3.11. The fourth-order valence-corrected chi connectivity index (χ4v) is 5.84. The number of aryl methyl sites for hydroxylation is 1. The molecule has 4 nitrogen and oxygen atoms in total. The number of nitrogens with zero attached hydrogens (tertiary/aromatic N) is 4. The molecule has 0 radical (unpaired) electrons. The van der Waals surface area contributed by atoms with E-state index in [1.54, 1.807) is 11.3 Å². The van der Waals surface area contributed by atoms with E-state index in [0.717, 1.165) is 28.4 Å². The van der Waals surface area contributed by atoms with Crippen molar-refractivity contribution in [1.29, 1.82) is 15.8 Å². The highest BCUT2D eigenvalue weighted by atomic mass is 32.1. The van der Waals surface area contributed by atoms with Gasteiger partial charge in [0, 0.05) is 10.6 Å². The Balaban J connectivity index is 1.74. The molecule has 0 unspecified atom stereocenters. The first kappa shape index (κ1) is 24.2. The average molecular weight is 493 g/mol. The predicted octanol–water partition coefficient (Wildman–Crippen LogP) is 8.38. The van der Waals surface area contributed by atoms with Crippen molar-refractivity contribution in [3.63, 3.8) is 0 Å². The SMILES string of the molecule is CCCCCCc1ccc(-n2c(-c3cccs3)ccc2-c2ccc(C(C#N)=C(C#N)C#N)s2)cc1. The number of unbranched alkanes of at least 4 members (excludes halogenated alkanes) is 3. The molecule has 0 amide bonds. The largest absolute Gasteiger partial charge is 0.308 e. The zero-order valence-corrected chi connectivity index (χ0v) is 21.1. The zero-order chi connectivity index (χ0) is 24.6. The lowest BCUT2D eigenvalue weighted by atomic mass is 10.1. The molecule has 1 aromatic carbocycles. The summed E-state index contributed by atoms with van der Waals surface area (Å²) < 4.78 is 2.24. The highest BCUT2D eigenvalue weighted by molar-refractivity contribution is 7.16. The number of allylic oxidation sites excluding steroid dienone is 2. The zero-order valence-electron chi connectivity index (χ0n) is 19.5. The van der Waals surface area contributed by atoms with E-state index >= 15 is 0 Å². The molecule has 4 rings (SSSR count). The second-order valence-electron chi connectivity index (χ2n) is 8.14. The summed E-state index contributed by atoms with van der Waals surface area (Å²) in [6.45, 7) is 2.23. The Kier molecular flexibility index (Phi) is 7.96. The molecular weight excluding hydrogens is 468 g/mol. The first-order valence-electron chi connectivity index (χ1n) is 11.6. The fraction of sp³-hybridized carbons (Fsp3) is 0.207. The maximum atomic E-state index is 9.56. The molecule has 0 saturated heterocycles. The third-order valence-corrected chi connectivity index (χ3v) is 7.88. The van der Waals surface area contributed by atoms with Crippen LogP contribution in [-0.2, 0) is 6.42 Å². The highest BCUT2D eigenvalue weighted by Gasteiger charge is 2.18. The number of nitriles is 3. The van der Waals surface area contributed by atoms with Crippen LogP contribution in [0.2, 0.25) is 0 Å². The minimum atomic E-state index is -0.162. The van der Waals surface area contributed by atoms with Gasteiger partial charge in [0.15, 0.2) is 0 Å². The highest BCUT2D eigenvalue weighted by Crippen LogP contribution is 2.39. The van der Waals surface area contributed by atoms with Gasteiger partial charge in [0.25, 0.3) is 0 Å². The molecule has 172 valence electrons. The van der Waals surface area contributed by atoms with Gasteiger partial charge in [-0.3, -0.25) is 0 Å². The van der Waals surface area contributed by atoms with Crippen LogP contribution in [0.5, 0.6) is 0 Å². The lowest BCUT2D eigenvalue weighted by molar-refractivity contribution is 0.667. The fourth-order valence-electron chi connectivity index (χ4n) is 4.07. The Labute approximate surface area is 214 Å². The molecule has 6 heteroatoms. The summed E-state index contributed by atoms with van der Waals surface area (Å²) in [5.41, 5.74) is 4.49. The average Bonchev–Trinajstić information content (AvgIpc) is 3.66. The molecule has 3 heterocycles. The summed E-state index contributed by atoms with van der Waals surface area (Å²) in [5, 5.41) is 30.1. The predicted molar refractivity (Wildman–Crippen MR) is 144 cm³/mol. The second kappa shape index (κ2) is 11.5. The van der Waals surface area contributed by atoms with Crippen LogP contribution in [0, 0.1) is 34.0 Å².